The molecule has 0 unspecified atom stereocenters. The van der Waals surface area contributed by atoms with Gasteiger partial charge in [0.25, 0.3) is 0 Å². The monoisotopic (exact) mass is 417 g/mol. The van der Waals surface area contributed by atoms with Crippen molar-refractivity contribution in [3.63, 3.8) is 0 Å². The van der Waals surface area contributed by atoms with Gasteiger partial charge >= 0.3 is 0 Å². The van der Waals surface area contributed by atoms with Gasteiger partial charge < -0.3 is 9.64 Å². The third kappa shape index (κ3) is 7.41. The van der Waals surface area contributed by atoms with Gasteiger partial charge in [-0.05, 0) is 48.4 Å². The highest BCUT2D eigenvalue weighted by Gasteiger charge is 2.08. The molecule has 2 rings (SSSR count). The summed E-state index contributed by atoms with van der Waals surface area (Å²) in [5.41, 5.74) is 2.60. The largest absolute Gasteiger partial charge is 0.497 e. The lowest BCUT2D eigenvalue weighted by molar-refractivity contribution is 0.415. The number of halogens is 1. The molecule has 142 valence electrons. The van der Waals surface area contributed by atoms with Crippen molar-refractivity contribution in [1.29, 1.82) is 0 Å². The second kappa shape index (κ2) is 12.0. The summed E-state index contributed by atoms with van der Waals surface area (Å²) in [5, 5.41) is 0. The average molecular weight is 418 g/mol. The Kier molecular flexibility index (Phi) is 9.62. The van der Waals surface area contributed by atoms with Crippen LogP contribution in [0.2, 0.25) is 0 Å². The minimum absolute atomic E-state index is 0.910. The van der Waals surface area contributed by atoms with Crippen molar-refractivity contribution in [3.05, 3.63) is 58.6 Å². The molecule has 0 aliphatic rings. The Labute approximate surface area is 167 Å². The summed E-state index contributed by atoms with van der Waals surface area (Å²) in [6.45, 7) is 4.31. The van der Waals surface area contributed by atoms with E-state index in [2.05, 4.69) is 76.3 Å². The molecule has 0 amide bonds. The summed E-state index contributed by atoms with van der Waals surface area (Å²) in [4.78, 5) is 2.48. The molecular weight excluding hydrogens is 386 g/mol. The fourth-order valence-corrected chi connectivity index (χ4v) is 3.43. The van der Waals surface area contributed by atoms with Gasteiger partial charge in [-0.15, -0.1) is 0 Å². The Morgan fingerprint density at radius 2 is 1.42 bits per heavy atom. The molecule has 0 spiro atoms. The molecule has 2 nitrogen and oxygen atoms in total. The topological polar surface area (TPSA) is 12.5 Å². The van der Waals surface area contributed by atoms with Crippen molar-refractivity contribution in [2.75, 3.05) is 18.6 Å². The van der Waals surface area contributed by atoms with Crippen LogP contribution < -0.4 is 9.64 Å². The summed E-state index contributed by atoms with van der Waals surface area (Å²) in [7, 11) is 1.72. The molecule has 3 heteroatoms. The van der Waals surface area contributed by atoms with Crippen molar-refractivity contribution in [2.24, 2.45) is 0 Å². The molecule has 26 heavy (non-hydrogen) atoms. The number of hydrogen-bond donors (Lipinski definition) is 0. The predicted molar refractivity (Wildman–Crippen MR) is 116 cm³/mol. The number of nitrogens with zero attached hydrogens (tertiary/aromatic N) is 1. The van der Waals surface area contributed by atoms with Gasteiger partial charge in [0, 0.05) is 23.2 Å². The lowest BCUT2D eigenvalue weighted by Gasteiger charge is -2.25. The first kappa shape index (κ1) is 20.8. The van der Waals surface area contributed by atoms with Crippen LogP contribution in [0.15, 0.2) is 53.0 Å². The molecular formula is C23H32BrNO. The van der Waals surface area contributed by atoms with E-state index >= 15 is 0 Å². The first-order valence-corrected chi connectivity index (χ1v) is 10.7. The Bertz CT molecular complexity index is 609. The van der Waals surface area contributed by atoms with Crippen LogP contribution in [0.4, 0.5) is 5.69 Å². The Balaban J connectivity index is 1.93. The molecule has 0 aliphatic heterocycles. The molecule has 0 aliphatic carbocycles. The third-order valence-corrected chi connectivity index (χ3v) is 5.28. The molecule has 0 radical (unpaired) electrons. The maximum atomic E-state index is 5.30. The summed E-state index contributed by atoms with van der Waals surface area (Å²) in [6.07, 6.45) is 9.38. The van der Waals surface area contributed by atoms with Gasteiger partial charge in [0.2, 0.25) is 0 Å². The van der Waals surface area contributed by atoms with Crippen molar-refractivity contribution < 1.29 is 4.74 Å². The smallest absolute Gasteiger partial charge is 0.119 e. The number of unbranched alkanes of at least 4 members (excludes halogenated alkanes) is 6. The minimum Gasteiger partial charge on any atom is -0.497 e. The Morgan fingerprint density at radius 1 is 0.808 bits per heavy atom. The lowest BCUT2D eigenvalue weighted by atomic mass is 10.1. The maximum absolute atomic E-state index is 5.30. The standard InChI is InChI=1S/C23H32BrNO/c1-3-4-5-6-7-8-9-18-25(19-20-10-12-21(24)13-11-20)22-14-16-23(26-2)17-15-22/h10-17H,3-9,18-19H2,1-2H3. The van der Waals surface area contributed by atoms with Crippen molar-refractivity contribution >= 4 is 21.6 Å². The summed E-state index contributed by atoms with van der Waals surface area (Å²) >= 11 is 3.52. The highest BCUT2D eigenvalue weighted by molar-refractivity contribution is 9.10. The van der Waals surface area contributed by atoms with E-state index in [1.54, 1.807) is 7.11 Å². The van der Waals surface area contributed by atoms with E-state index in [0.29, 0.717) is 0 Å². The van der Waals surface area contributed by atoms with Crippen molar-refractivity contribution in [1.82, 2.24) is 0 Å². The number of anilines is 1. The van der Waals surface area contributed by atoms with E-state index in [1.807, 2.05) is 0 Å². The first-order chi connectivity index (χ1) is 12.7. The van der Waals surface area contributed by atoms with Gasteiger partial charge in [-0.2, -0.15) is 0 Å². The van der Waals surface area contributed by atoms with Gasteiger partial charge in [0.05, 0.1) is 7.11 Å². The highest BCUT2D eigenvalue weighted by atomic mass is 79.9. The van der Waals surface area contributed by atoms with E-state index in [9.17, 15) is 0 Å². The number of hydrogen-bond acceptors (Lipinski definition) is 2. The zero-order chi connectivity index (χ0) is 18.6. The molecule has 0 atom stereocenters. The second-order valence-electron chi connectivity index (χ2n) is 6.87. The van der Waals surface area contributed by atoms with Crippen LogP contribution in [0.25, 0.3) is 0 Å². The van der Waals surface area contributed by atoms with Gasteiger partial charge in [-0.3, -0.25) is 0 Å². The molecule has 0 aromatic heterocycles. The van der Waals surface area contributed by atoms with Crippen LogP contribution in [0.1, 0.15) is 57.4 Å². The van der Waals surface area contributed by atoms with Gasteiger partial charge in [-0.1, -0.05) is 73.5 Å². The number of benzene rings is 2. The van der Waals surface area contributed by atoms with E-state index < -0.39 is 0 Å². The zero-order valence-corrected chi connectivity index (χ0v) is 17.8. The molecule has 0 N–H and O–H groups in total. The number of ether oxygens (including phenoxy) is 1. The van der Waals surface area contributed by atoms with Crippen LogP contribution in [0.5, 0.6) is 5.75 Å². The highest BCUT2D eigenvalue weighted by Crippen LogP contribution is 2.23. The Hall–Kier alpha value is -1.48. The fraction of sp³-hybridized carbons (Fsp3) is 0.478. The summed E-state index contributed by atoms with van der Waals surface area (Å²) < 4.78 is 6.43. The lowest BCUT2D eigenvalue weighted by Crippen LogP contribution is -2.23. The summed E-state index contributed by atoms with van der Waals surface area (Å²) in [6, 6.07) is 17.1. The van der Waals surface area contributed by atoms with Crippen LogP contribution in [0.3, 0.4) is 0 Å². The van der Waals surface area contributed by atoms with Crippen LogP contribution in [-0.2, 0) is 6.54 Å². The predicted octanol–water partition coefficient (Wildman–Crippen LogP) is 7.21. The fourth-order valence-electron chi connectivity index (χ4n) is 3.16. The average Bonchev–Trinajstić information content (AvgIpc) is 2.68. The van der Waals surface area contributed by atoms with Gasteiger partial charge in [0.15, 0.2) is 0 Å². The number of methoxy groups -OCH3 is 1. The van der Waals surface area contributed by atoms with Crippen LogP contribution >= 0.6 is 15.9 Å². The second-order valence-corrected chi connectivity index (χ2v) is 7.78. The normalized spacial score (nSPS) is 10.7. The van der Waals surface area contributed by atoms with Gasteiger partial charge in [0.1, 0.15) is 5.75 Å². The summed E-state index contributed by atoms with van der Waals surface area (Å²) in [5.74, 6) is 0.910. The van der Waals surface area contributed by atoms with Crippen LogP contribution in [0, 0.1) is 0 Å². The third-order valence-electron chi connectivity index (χ3n) is 4.76. The Morgan fingerprint density at radius 3 is 2.04 bits per heavy atom. The minimum atomic E-state index is 0.910. The molecule has 0 heterocycles. The molecule has 0 fully saturated rings. The molecule has 0 saturated carbocycles. The van der Waals surface area contributed by atoms with E-state index in [4.69, 9.17) is 4.74 Å². The molecule has 0 bridgehead atoms. The first-order valence-electron chi connectivity index (χ1n) is 9.86. The van der Waals surface area contributed by atoms with Crippen LogP contribution in [-0.4, -0.2) is 13.7 Å². The van der Waals surface area contributed by atoms with E-state index in [1.165, 1.54) is 56.2 Å². The number of rotatable bonds is 12. The molecule has 0 saturated heterocycles. The zero-order valence-electron chi connectivity index (χ0n) is 16.2. The van der Waals surface area contributed by atoms with Gasteiger partial charge in [-0.25, -0.2) is 0 Å². The molecule has 2 aromatic rings. The van der Waals surface area contributed by atoms with E-state index in [0.717, 1.165) is 23.3 Å². The quantitative estimate of drug-likeness (QED) is 0.338. The van der Waals surface area contributed by atoms with Crippen molar-refractivity contribution in [2.45, 2.75) is 58.4 Å². The maximum Gasteiger partial charge on any atom is 0.119 e. The SMILES string of the molecule is CCCCCCCCCN(Cc1ccc(Br)cc1)c1ccc(OC)cc1. The molecule has 2 aromatic carbocycles. The van der Waals surface area contributed by atoms with E-state index in [-0.39, 0.29) is 0 Å². The van der Waals surface area contributed by atoms with Crippen molar-refractivity contribution in [3.8, 4) is 5.75 Å².